The van der Waals surface area contributed by atoms with Gasteiger partial charge in [0.1, 0.15) is 5.54 Å². The Morgan fingerprint density at radius 1 is 0.871 bits per heavy atom. The Bertz CT molecular complexity index is 1080. The van der Waals surface area contributed by atoms with Crippen LogP contribution in [-0.2, 0) is 11.3 Å². The zero-order valence-electron chi connectivity index (χ0n) is 17.5. The molecule has 1 N–H and O–H groups in total. The SMILES string of the molecule is O=C1NC2(CCCCCC2)C(=O)N1Cc1cn(-c2ccccc2)nc1-c1ccccc1. The maximum absolute atomic E-state index is 13.4. The third-order valence-corrected chi connectivity index (χ3v) is 6.39. The van der Waals surface area contributed by atoms with Crippen LogP contribution in [0.4, 0.5) is 4.79 Å². The van der Waals surface area contributed by atoms with E-state index in [2.05, 4.69) is 5.32 Å². The molecule has 3 amide bonds. The van der Waals surface area contributed by atoms with E-state index >= 15 is 0 Å². The van der Waals surface area contributed by atoms with Gasteiger partial charge in [-0.3, -0.25) is 9.69 Å². The number of hydrogen-bond acceptors (Lipinski definition) is 3. The number of amides is 3. The third-order valence-electron chi connectivity index (χ3n) is 6.39. The molecule has 31 heavy (non-hydrogen) atoms. The lowest BCUT2D eigenvalue weighted by molar-refractivity contribution is -0.132. The van der Waals surface area contributed by atoms with Gasteiger partial charge in [0.15, 0.2) is 0 Å². The summed E-state index contributed by atoms with van der Waals surface area (Å²) >= 11 is 0. The second-order valence-electron chi connectivity index (χ2n) is 8.47. The predicted octanol–water partition coefficient (Wildman–Crippen LogP) is 4.68. The van der Waals surface area contributed by atoms with Crippen LogP contribution in [-0.4, -0.2) is 32.2 Å². The van der Waals surface area contributed by atoms with Crippen molar-refractivity contribution in [3.05, 3.63) is 72.4 Å². The van der Waals surface area contributed by atoms with Crippen LogP contribution in [0.2, 0.25) is 0 Å². The number of aromatic nitrogens is 2. The molecule has 1 saturated carbocycles. The van der Waals surface area contributed by atoms with Gasteiger partial charge in [-0.25, -0.2) is 9.48 Å². The summed E-state index contributed by atoms with van der Waals surface area (Å²) in [5, 5.41) is 7.85. The van der Waals surface area contributed by atoms with E-state index in [9.17, 15) is 9.59 Å². The summed E-state index contributed by atoms with van der Waals surface area (Å²) in [5.41, 5.74) is 2.80. The molecule has 2 aliphatic rings. The molecule has 3 aromatic rings. The van der Waals surface area contributed by atoms with Crippen molar-refractivity contribution in [2.24, 2.45) is 0 Å². The van der Waals surface area contributed by atoms with Gasteiger partial charge in [-0.2, -0.15) is 5.10 Å². The van der Waals surface area contributed by atoms with Gasteiger partial charge in [-0.05, 0) is 25.0 Å². The normalized spacial score (nSPS) is 18.3. The number of para-hydroxylation sites is 1. The number of nitrogens with zero attached hydrogens (tertiary/aromatic N) is 3. The molecule has 1 saturated heterocycles. The third kappa shape index (κ3) is 3.63. The summed E-state index contributed by atoms with van der Waals surface area (Å²) in [5.74, 6) is -0.0918. The van der Waals surface area contributed by atoms with Crippen molar-refractivity contribution in [1.82, 2.24) is 20.0 Å². The van der Waals surface area contributed by atoms with Gasteiger partial charge in [0.05, 0.1) is 17.9 Å². The van der Waals surface area contributed by atoms with Crippen molar-refractivity contribution in [2.45, 2.75) is 50.6 Å². The average molecular weight is 415 g/mol. The van der Waals surface area contributed by atoms with Crippen LogP contribution < -0.4 is 5.32 Å². The number of rotatable bonds is 4. The van der Waals surface area contributed by atoms with Crippen molar-refractivity contribution in [3.63, 3.8) is 0 Å². The number of imide groups is 1. The highest BCUT2D eigenvalue weighted by molar-refractivity contribution is 6.07. The quantitative estimate of drug-likeness (QED) is 0.630. The summed E-state index contributed by atoms with van der Waals surface area (Å²) in [4.78, 5) is 27.6. The lowest BCUT2D eigenvalue weighted by Gasteiger charge is -2.24. The topological polar surface area (TPSA) is 67.2 Å². The van der Waals surface area contributed by atoms with Gasteiger partial charge >= 0.3 is 6.03 Å². The van der Waals surface area contributed by atoms with Gasteiger partial charge in [-0.1, -0.05) is 74.2 Å². The minimum absolute atomic E-state index is 0.0918. The molecule has 2 aromatic carbocycles. The van der Waals surface area contributed by atoms with Crippen molar-refractivity contribution >= 4 is 11.9 Å². The van der Waals surface area contributed by atoms with Crippen LogP contribution >= 0.6 is 0 Å². The molecule has 1 spiro atoms. The number of carbonyl (C=O) groups is 2. The highest BCUT2D eigenvalue weighted by Crippen LogP contribution is 2.34. The molecule has 0 bridgehead atoms. The molecule has 1 aromatic heterocycles. The van der Waals surface area contributed by atoms with Crippen LogP contribution in [0.3, 0.4) is 0 Å². The largest absolute Gasteiger partial charge is 0.325 e. The van der Waals surface area contributed by atoms with E-state index in [1.807, 2.05) is 71.5 Å². The van der Waals surface area contributed by atoms with Crippen LogP contribution in [0.1, 0.15) is 44.1 Å². The molecule has 0 radical (unpaired) electrons. The van der Waals surface area contributed by atoms with Crippen molar-refractivity contribution in [1.29, 1.82) is 0 Å². The molecule has 0 unspecified atom stereocenters. The van der Waals surface area contributed by atoms with E-state index in [0.717, 1.165) is 61.0 Å². The van der Waals surface area contributed by atoms with Crippen molar-refractivity contribution in [3.8, 4) is 16.9 Å². The van der Waals surface area contributed by atoms with E-state index in [4.69, 9.17) is 5.10 Å². The minimum Gasteiger partial charge on any atom is -0.323 e. The molecule has 2 heterocycles. The smallest absolute Gasteiger partial charge is 0.323 e. The first-order chi connectivity index (χ1) is 15.2. The first-order valence-corrected chi connectivity index (χ1v) is 11.0. The Kier molecular flexibility index (Phi) is 5.06. The fourth-order valence-corrected chi connectivity index (χ4v) is 4.74. The van der Waals surface area contributed by atoms with Crippen LogP contribution in [0.25, 0.3) is 16.9 Å². The Morgan fingerprint density at radius 3 is 2.19 bits per heavy atom. The van der Waals surface area contributed by atoms with Gasteiger partial charge < -0.3 is 5.32 Å². The van der Waals surface area contributed by atoms with Gasteiger partial charge in [0.25, 0.3) is 5.91 Å². The summed E-state index contributed by atoms with van der Waals surface area (Å²) in [6.07, 6.45) is 7.56. The van der Waals surface area contributed by atoms with E-state index in [-0.39, 0.29) is 18.5 Å². The van der Waals surface area contributed by atoms with E-state index in [1.165, 1.54) is 4.90 Å². The highest BCUT2D eigenvalue weighted by atomic mass is 16.2. The molecular formula is C25H26N4O2. The summed E-state index contributed by atoms with van der Waals surface area (Å²) < 4.78 is 1.82. The van der Waals surface area contributed by atoms with Crippen molar-refractivity contribution < 1.29 is 9.59 Å². The van der Waals surface area contributed by atoms with E-state index in [0.29, 0.717) is 0 Å². The predicted molar refractivity (Wildman–Crippen MR) is 119 cm³/mol. The molecular weight excluding hydrogens is 388 g/mol. The maximum Gasteiger partial charge on any atom is 0.325 e. The molecule has 5 rings (SSSR count). The first-order valence-electron chi connectivity index (χ1n) is 11.0. The fraction of sp³-hybridized carbons (Fsp3) is 0.320. The Hall–Kier alpha value is -3.41. The lowest BCUT2D eigenvalue weighted by Crippen LogP contribution is -2.46. The number of hydrogen-bond donors (Lipinski definition) is 1. The van der Waals surface area contributed by atoms with Gasteiger partial charge in [-0.15, -0.1) is 0 Å². The second-order valence-corrected chi connectivity index (χ2v) is 8.47. The second kappa shape index (κ2) is 8.02. The lowest BCUT2D eigenvalue weighted by atomic mass is 9.90. The zero-order chi connectivity index (χ0) is 21.3. The number of benzene rings is 2. The molecule has 1 aliphatic carbocycles. The average Bonchev–Trinajstić information content (AvgIpc) is 3.21. The Balaban J connectivity index is 1.50. The molecule has 2 fully saturated rings. The molecule has 1 aliphatic heterocycles. The van der Waals surface area contributed by atoms with Crippen LogP contribution in [0.15, 0.2) is 66.9 Å². The summed E-state index contributed by atoms with van der Waals surface area (Å²) in [7, 11) is 0. The minimum atomic E-state index is -0.726. The number of nitrogens with one attached hydrogen (secondary N) is 1. The van der Waals surface area contributed by atoms with Gasteiger partial charge in [0.2, 0.25) is 0 Å². The maximum atomic E-state index is 13.4. The zero-order valence-corrected chi connectivity index (χ0v) is 17.5. The Morgan fingerprint density at radius 2 is 1.52 bits per heavy atom. The van der Waals surface area contributed by atoms with Crippen molar-refractivity contribution in [2.75, 3.05) is 0 Å². The molecule has 158 valence electrons. The fourth-order valence-electron chi connectivity index (χ4n) is 4.74. The number of carbonyl (C=O) groups excluding carboxylic acids is 2. The molecule has 6 nitrogen and oxygen atoms in total. The highest BCUT2D eigenvalue weighted by Gasteiger charge is 2.50. The molecule has 0 atom stereocenters. The Labute approximate surface area is 181 Å². The standard InChI is InChI=1S/C25H26N4O2/c30-23-25(15-9-1-2-10-16-25)26-24(31)28(23)17-20-18-29(21-13-7-4-8-14-21)27-22(20)19-11-5-3-6-12-19/h3-8,11-14,18H,1-2,9-10,15-17H2,(H,26,31). The van der Waals surface area contributed by atoms with E-state index in [1.54, 1.807) is 0 Å². The van der Waals surface area contributed by atoms with Crippen LogP contribution in [0, 0.1) is 0 Å². The first kappa shape index (κ1) is 19.5. The van der Waals surface area contributed by atoms with Gasteiger partial charge in [0, 0.05) is 17.3 Å². The summed E-state index contributed by atoms with van der Waals surface area (Å²) in [6, 6.07) is 19.5. The van der Waals surface area contributed by atoms with E-state index < -0.39 is 5.54 Å². The monoisotopic (exact) mass is 414 g/mol. The molecule has 6 heteroatoms. The number of urea groups is 1. The summed E-state index contributed by atoms with van der Waals surface area (Å²) in [6.45, 7) is 0.212. The van der Waals surface area contributed by atoms with Crippen LogP contribution in [0.5, 0.6) is 0 Å².